The van der Waals surface area contributed by atoms with Crippen LogP contribution < -0.4 is 0 Å². The van der Waals surface area contributed by atoms with Crippen molar-refractivity contribution in [3.05, 3.63) is 0 Å². The Hall–Kier alpha value is -1.59. The van der Waals surface area contributed by atoms with Crippen molar-refractivity contribution in [2.45, 2.75) is 40.0 Å². The zero-order valence-electron chi connectivity index (χ0n) is 12.5. The summed E-state index contributed by atoms with van der Waals surface area (Å²) in [4.78, 5) is 37.9. The van der Waals surface area contributed by atoms with Gasteiger partial charge in [0.05, 0.1) is 0 Å². The fraction of sp³-hybridized carbons (Fsp3) is 0.786. The van der Waals surface area contributed by atoms with E-state index >= 15 is 0 Å². The van der Waals surface area contributed by atoms with E-state index in [1.807, 2.05) is 20.8 Å². The molecule has 1 N–H and O–H groups in total. The second-order valence-corrected chi connectivity index (χ2v) is 6.17. The van der Waals surface area contributed by atoms with Gasteiger partial charge < -0.3 is 14.9 Å². The third-order valence-corrected chi connectivity index (χ3v) is 3.34. The molecule has 0 aromatic carbocycles. The SMILES string of the molecule is CC(C)(C)C(=O)N1CCN(C(=O)CCCC(=O)O)CC1. The summed E-state index contributed by atoms with van der Waals surface area (Å²) in [6.45, 7) is 7.85. The molecule has 6 nitrogen and oxygen atoms in total. The highest BCUT2D eigenvalue weighted by molar-refractivity contribution is 5.82. The second kappa shape index (κ2) is 6.72. The highest BCUT2D eigenvalue weighted by Crippen LogP contribution is 2.18. The van der Waals surface area contributed by atoms with Crippen LogP contribution in [-0.4, -0.2) is 58.9 Å². The van der Waals surface area contributed by atoms with Gasteiger partial charge in [-0.05, 0) is 6.42 Å². The fourth-order valence-electron chi connectivity index (χ4n) is 2.18. The number of amides is 2. The third-order valence-electron chi connectivity index (χ3n) is 3.34. The lowest BCUT2D eigenvalue weighted by atomic mass is 9.94. The standard InChI is InChI=1S/C14H24N2O4/c1-14(2,3)13(20)16-9-7-15(8-10-16)11(17)5-4-6-12(18)19/h4-10H2,1-3H3,(H,18,19). The van der Waals surface area contributed by atoms with Gasteiger partial charge in [0.1, 0.15) is 0 Å². The van der Waals surface area contributed by atoms with Gasteiger partial charge in [0, 0.05) is 44.4 Å². The Kier molecular flexibility index (Phi) is 5.53. The minimum atomic E-state index is -0.876. The van der Waals surface area contributed by atoms with Crippen molar-refractivity contribution in [3.63, 3.8) is 0 Å². The number of hydrogen-bond acceptors (Lipinski definition) is 3. The first kappa shape index (κ1) is 16.5. The van der Waals surface area contributed by atoms with Gasteiger partial charge in [0.15, 0.2) is 0 Å². The summed E-state index contributed by atoms with van der Waals surface area (Å²) >= 11 is 0. The van der Waals surface area contributed by atoms with Gasteiger partial charge in [-0.1, -0.05) is 20.8 Å². The summed E-state index contributed by atoms with van der Waals surface area (Å²) in [6.07, 6.45) is 0.656. The van der Waals surface area contributed by atoms with Crippen molar-refractivity contribution in [2.24, 2.45) is 5.41 Å². The number of aliphatic carboxylic acids is 1. The largest absolute Gasteiger partial charge is 0.481 e. The van der Waals surface area contributed by atoms with Crippen molar-refractivity contribution >= 4 is 17.8 Å². The topological polar surface area (TPSA) is 77.9 Å². The van der Waals surface area contributed by atoms with Gasteiger partial charge >= 0.3 is 5.97 Å². The lowest BCUT2D eigenvalue weighted by molar-refractivity contribution is -0.145. The predicted octanol–water partition coefficient (Wildman–Crippen LogP) is 0.958. The zero-order chi connectivity index (χ0) is 15.3. The van der Waals surface area contributed by atoms with Gasteiger partial charge in [-0.25, -0.2) is 0 Å². The smallest absolute Gasteiger partial charge is 0.303 e. The van der Waals surface area contributed by atoms with Crippen molar-refractivity contribution in [1.29, 1.82) is 0 Å². The van der Waals surface area contributed by atoms with E-state index in [9.17, 15) is 14.4 Å². The normalized spacial score (nSPS) is 16.1. The molecule has 1 saturated heterocycles. The summed E-state index contributed by atoms with van der Waals surface area (Å²) < 4.78 is 0. The van der Waals surface area contributed by atoms with Gasteiger partial charge in [-0.2, -0.15) is 0 Å². The molecule has 1 aliphatic heterocycles. The highest BCUT2D eigenvalue weighted by Gasteiger charge is 2.30. The number of carbonyl (C=O) groups excluding carboxylic acids is 2. The van der Waals surface area contributed by atoms with E-state index in [1.165, 1.54) is 0 Å². The van der Waals surface area contributed by atoms with Crippen LogP contribution in [0.5, 0.6) is 0 Å². The van der Waals surface area contributed by atoms with E-state index in [1.54, 1.807) is 9.80 Å². The van der Waals surface area contributed by atoms with Crippen LogP contribution in [0.4, 0.5) is 0 Å². The van der Waals surface area contributed by atoms with Gasteiger partial charge in [0.2, 0.25) is 11.8 Å². The molecule has 0 spiro atoms. The molecule has 6 heteroatoms. The van der Waals surface area contributed by atoms with Crippen molar-refractivity contribution in [3.8, 4) is 0 Å². The minimum absolute atomic E-state index is 0.0193. The van der Waals surface area contributed by atoms with Gasteiger partial charge in [-0.3, -0.25) is 14.4 Å². The van der Waals surface area contributed by atoms with Crippen LogP contribution >= 0.6 is 0 Å². The quantitative estimate of drug-likeness (QED) is 0.834. The summed E-state index contributed by atoms with van der Waals surface area (Å²) in [6, 6.07) is 0. The molecule has 0 atom stereocenters. The maximum absolute atomic E-state index is 12.1. The number of hydrogen-bond donors (Lipinski definition) is 1. The molecule has 114 valence electrons. The van der Waals surface area contributed by atoms with Crippen molar-refractivity contribution in [2.75, 3.05) is 26.2 Å². The molecule has 0 bridgehead atoms. The number of rotatable bonds is 4. The van der Waals surface area contributed by atoms with Crippen LogP contribution in [0.25, 0.3) is 0 Å². The van der Waals surface area contributed by atoms with Crippen LogP contribution in [0.2, 0.25) is 0 Å². The Labute approximate surface area is 119 Å². The molecule has 2 amide bonds. The van der Waals surface area contributed by atoms with E-state index in [2.05, 4.69) is 0 Å². The average molecular weight is 284 g/mol. The molecule has 1 heterocycles. The van der Waals surface area contributed by atoms with E-state index in [0.717, 1.165) is 0 Å². The van der Waals surface area contributed by atoms with Crippen LogP contribution in [-0.2, 0) is 14.4 Å². The Morgan fingerprint density at radius 3 is 1.90 bits per heavy atom. The lowest BCUT2D eigenvalue weighted by Gasteiger charge is -2.37. The molecule has 1 rings (SSSR count). The maximum Gasteiger partial charge on any atom is 0.303 e. The first-order chi connectivity index (χ1) is 9.21. The van der Waals surface area contributed by atoms with Crippen LogP contribution in [0.1, 0.15) is 40.0 Å². The Bertz CT molecular complexity index is 379. The zero-order valence-corrected chi connectivity index (χ0v) is 12.5. The van der Waals surface area contributed by atoms with Crippen LogP contribution in [0, 0.1) is 5.41 Å². The van der Waals surface area contributed by atoms with Crippen LogP contribution in [0.15, 0.2) is 0 Å². The van der Waals surface area contributed by atoms with Crippen molar-refractivity contribution in [1.82, 2.24) is 9.80 Å². The number of carbonyl (C=O) groups is 3. The Morgan fingerprint density at radius 2 is 1.45 bits per heavy atom. The molecule has 0 unspecified atom stereocenters. The Morgan fingerprint density at radius 1 is 0.950 bits per heavy atom. The van der Waals surface area contributed by atoms with Gasteiger partial charge in [0.25, 0.3) is 0 Å². The monoisotopic (exact) mass is 284 g/mol. The summed E-state index contributed by atoms with van der Waals surface area (Å²) in [7, 11) is 0. The molecular weight excluding hydrogens is 260 g/mol. The molecule has 0 aromatic heterocycles. The van der Waals surface area contributed by atoms with E-state index < -0.39 is 11.4 Å². The van der Waals surface area contributed by atoms with E-state index in [-0.39, 0.29) is 24.7 Å². The lowest BCUT2D eigenvalue weighted by Crippen LogP contribution is -2.53. The minimum Gasteiger partial charge on any atom is -0.481 e. The van der Waals surface area contributed by atoms with E-state index in [4.69, 9.17) is 5.11 Å². The number of carboxylic acid groups (broad SMARTS) is 1. The Balaban J connectivity index is 2.36. The third kappa shape index (κ3) is 4.83. The average Bonchev–Trinajstić information content (AvgIpc) is 2.36. The molecule has 0 saturated carbocycles. The fourth-order valence-corrected chi connectivity index (χ4v) is 2.18. The molecule has 0 radical (unpaired) electrons. The second-order valence-electron chi connectivity index (χ2n) is 6.17. The first-order valence-electron chi connectivity index (χ1n) is 7.01. The molecule has 1 fully saturated rings. The molecule has 1 aliphatic rings. The molecule has 0 aromatic rings. The summed E-state index contributed by atoms with van der Waals surface area (Å²) in [5, 5.41) is 8.54. The summed E-state index contributed by atoms with van der Waals surface area (Å²) in [5.41, 5.74) is -0.395. The van der Waals surface area contributed by atoms with Gasteiger partial charge in [-0.15, -0.1) is 0 Å². The highest BCUT2D eigenvalue weighted by atomic mass is 16.4. The number of piperazine rings is 1. The maximum atomic E-state index is 12.1. The first-order valence-corrected chi connectivity index (χ1v) is 7.01. The van der Waals surface area contributed by atoms with Crippen molar-refractivity contribution < 1.29 is 19.5 Å². The number of carboxylic acids is 1. The molecule has 20 heavy (non-hydrogen) atoms. The van der Waals surface area contributed by atoms with Crippen LogP contribution in [0.3, 0.4) is 0 Å². The molecule has 0 aliphatic carbocycles. The molecular formula is C14H24N2O4. The number of nitrogens with zero attached hydrogens (tertiary/aromatic N) is 2. The summed E-state index contributed by atoms with van der Waals surface area (Å²) in [5.74, 6) is -0.789. The van der Waals surface area contributed by atoms with E-state index in [0.29, 0.717) is 32.6 Å². The predicted molar refractivity (Wildman–Crippen MR) is 74.1 cm³/mol.